The first-order valence-electron chi connectivity index (χ1n) is 9.16. The lowest BCUT2D eigenvalue weighted by atomic mass is 10.0. The molecule has 2 rings (SSSR count). The summed E-state index contributed by atoms with van der Waals surface area (Å²) in [6.07, 6.45) is -17.3. The predicted molar refractivity (Wildman–Crippen MR) is 97.2 cm³/mol. The first kappa shape index (κ1) is 29.9. The molecule has 32 heavy (non-hydrogen) atoms. The van der Waals surface area contributed by atoms with Crippen molar-refractivity contribution in [3.05, 3.63) is 29.1 Å². The van der Waals surface area contributed by atoms with Crippen molar-refractivity contribution in [3.8, 4) is 0 Å². The van der Waals surface area contributed by atoms with E-state index in [2.05, 4.69) is 14.7 Å². The zero-order valence-electron chi connectivity index (χ0n) is 17.5. The van der Waals surface area contributed by atoms with E-state index in [0.29, 0.717) is 0 Å². The highest BCUT2D eigenvalue weighted by Crippen LogP contribution is 2.34. The molecule has 1 aliphatic heterocycles. The van der Waals surface area contributed by atoms with Gasteiger partial charge < -0.3 is 19.7 Å². The first-order valence-corrected chi connectivity index (χ1v) is 9.16. The van der Waals surface area contributed by atoms with Gasteiger partial charge in [-0.05, 0) is 12.1 Å². The average molecular weight is 484 g/mol. The Hall–Kier alpha value is -2.06. The van der Waals surface area contributed by atoms with Gasteiger partial charge in [0.2, 0.25) is 12.2 Å². The summed E-state index contributed by atoms with van der Waals surface area (Å²) in [5, 5.41) is 16.7. The molecule has 0 aromatic carbocycles. The van der Waals surface area contributed by atoms with E-state index in [9.17, 15) is 40.2 Å². The molecular weight excluding hydrogens is 460 g/mol. The van der Waals surface area contributed by atoms with Crippen LogP contribution in [0.25, 0.3) is 0 Å². The molecule has 3 unspecified atom stereocenters. The minimum atomic E-state index is -5.19. The molecule has 1 aliphatic rings. The van der Waals surface area contributed by atoms with Gasteiger partial charge in [0.15, 0.2) is 0 Å². The number of hydrogen-bond acceptors (Lipinski definition) is 6. The lowest BCUT2D eigenvalue weighted by molar-refractivity contribution is -0.150. The molecule has 0 saturated carbocycles. The van der Waals surface area contributed by atoms with Gasteiger partial charge in [-0.15, -0.1) is 0 Å². The highest BCUT2D eigenvalue weighted by molar-refractivity contribution is 5.95. The maximum Gasteiger partial charge on any atom is 0.433 e. The van der Waals surface area contributed by atoms with E-state index < -0.39 is 66.5 Å². The van der Waals surface area contributed by atoms with Gasteiger partial charge in [-0.1, -0.05) is 13.8 Å². The van der Waals surface area contributed by atoms with Crippen LogP contribution in [0.3, 0.4) is 0 Å². The molecule has 186 valence electrons. The molecular formula is C18H24F8N2O4. The van der Waals surface area contributed by atoms with Crippen molar-refractivity contribution < 1.29 is 54.8 Å². The van der Waals surface area contributed by atoms with E-state index >= 15 is 0 Å². The third-order valence-corrected chi connectivity index (χ3v) is 3.76. The minimum absolute atomic E-state index is 0.268. The van der Waals surface area contributed by atoms with E-state index in [1.807, 2.05) is 13.8 Å². The highest BCUT2D eigenvalue weighted by atomic mass is 19.4. The fourth-order valence-corrected chi connectivity index (χ4v) is 2.46. The third-order valence-electron chi connectivity index (χ3n) is 3.76. The Morgan fingerprint density at radius 1 is 1.06 bits per heavy atom. The van der Waals surface area contributed by atoms with E-state index in [1.165, 1.54) is 0 Å². The number of aliphatic hydroxyl groups excluding tert-OH is 2. The van der Waals surface area contributed by atoms with E-state index in [-0.39, 0.29) is 18.6 Å². The van der Waals surface area contributed by atoms with Crippen LogP contribution in [0, 0.1) is 0 Å². The van der Waals surface area contributed by atoms with Gasteiger partial charge in [0.1, 0.15) is 17.5 Å². The molecule has 6 nitrogen and oxygen atoms in total. The lowest BCUT2D eigenvalue weighted by Crippen LogP contribution is -2.34. The molecule has 2 heterocycles. The van der Waals surface area contributed by atoms with Gasteiger partial charge in [0.25, 0.3) is 6.43 Å². The van der Waals surface area contributed by atoms with Crippen molar-refractivity contribution in [2.75, 3.05) is 14.2 Å². The molecule has 0 spiro atoms. The van der Waals surface area contributed by atoms with Crippen LogP contribution in [0.5, 0.6) is 0 Å². The Kier molecular flexibility index (Phi) is 12.0. The first-order chi connectivity index (χ1) is 14.8. The zero-order valence-corrected chi connectivity index (χ0v) is 17.5. The lowest BCUT2D eigenvalue weighted by Gasteiger charge is -2.28. The van der Waals surface area contributed by atoms with Crippen molar-refractivity contribution in [3.63, 3.8) is 0 Å². The second-order valence-corrected chi connectivity index (χ2v) is 5.86. The molecule has 2 N–H and O–H groups in total. The van der Waals surface area contributed by atoms with Crippen LogP contribution in [0.4, 0.5) is 35.1 Å². The van der Waals surface area contributed by atoms with Crippen LogP contribution in [-0.4, -0.2) is 60.2 Å². The molecule has 0 fully saturated rings. The number of ether oxygens (including phenoxy) is 2. The van der Waals surface area contributed by atoms with E-state index in [4.69, 9.17) is 9.84 Å². The Morgan fingerprint density at radius 2 is 1.53 bits per heavy atom. The summed E-state index contributed by atoms with van der Waals surface area (Å²) in [5.41, 5.74) is -4.44. The third kappa shape index (κ3) is 8.82. The molecule has 3 atom stereocenters. The molecule has 1 aromatic heterocycles. The van der Waals surface area contributed by atoms with Gasteiger partial charge in [-0.25, -0.2) is 18.8 Å². The van der Waals surface area contributed by atoms with E-state index in [1.54, 1.807) is 0 Å². The summed E-state index contributed by atoms with van der Waals surface area (Å²) < 4.78 is 112. The number of aromatic nitrogens is 1. The van der Waals surface area contributed by atoms with Crippen molar-refractivity contribution in [1.29, 1.82) is 0 Å². The second kappa shape index (κ2) is 12.8. The minimum Gasteiger partial charge on any atom is -0.448 e. The fourth-order valence-electron chi connectivity index (χ4n) is 2.46. The average Bonchev–Trinajstić information content (AvgIpc) is 2.72. The van der Waals surface area contributed by atoms with Crippen molar-refractivity contribution >= 4 is 5.90 Å². The molecule has 0 saturated heterocycles. The summed E-state index contributed by atoms with van der Waals surface area (Å²) in [6.45, 7) is 4.00. The van der Waals surface area contributed by atoms with Gasteiger partial charge >= 0.3 is 12.4 Å². The van der Waals surface area contributed by atoms with Crippen molar-refractivity contribution in [1.82, 2.24) is 4.98 Å². The van der Waals surface area contributed by atoms with Crippen LogP contribution in [0.2, 0.25) is 0 Å². The van der Waals surface area contributed by atoms with Crippen LogP contribution in [0.15, 0.2) is 17.1 Å². The van der Waals surface area contributed by atoms with E-state index in [0.717, 1.165) is 14.2 Å². The van der Waals surface area contributed by atoms with Crippen LogP contribution in [0.1, 0.15) is 43.6 Å². The number of aliphatic imine (C=N–C) groups is 1. The Labute approximate surface area is 178 Å². The number of alkyl halides is 8. The predicted octanol–water partition coefficient (Wildman–Crippen LogP) is 4.28. The number of methoxy groups -OCH3 is 1. The monoisotopic (exact) mass is 484 g/mol. The normalized spacial score (nSPS) is 19.7. The van der Waals surface area contributed by atoms with Gasteiger partial charge in [0.05, 0.1) is 6.04 Å². The summed E-state index contributed by atoms with van der Waals surface area (Å²) >= 11 is 0. The number of halogens is 8. The number of aliphatic hydroxyl groups is 2. The second-order valence-electron chi connectivity index (χ2n) is 5.86. The van der Waals surface area contributed by atoms with Crippen molar-refractivity contribution in [2.45, 2.75) is 63.9 Å². The molecule has 0 aliphatic carbocycles. The molecule has 0 radical (unpaired) electrons. The molecule has 14 heteroatoms. The summed E-state index contributed by atoms with van der Waals surface area (Å²) in [5.74, 6) is -0.744. The maximum atomic E-state index is 12.9. The number of rotatable bonds is 5. The van der Waals surface area contributed by atoms with Crippen LogP contribution < -0.4 is 0 Å². The summed E-state index contributed by atoms with van der Waals surface area (Å²) in [4.78, 5) is 6.33. The summed E-state index contributed by atoms with van der Waals surface area (Å²) in [6, 6.07) is -0.539. The Balaban J connectivity index is 0.00000227. The number of nitrogens with zero attached hydrogens (tertiary/aromatic N) is 2. The highest BCUT2D eigenvalue weighted by Gasteiger charge is 2.40. The van der Waals surface area contributed by atoms with Crippen LogP contribution >= 0.6 is 0 Å². The molecule has 0 bridgehead atoms. The van der Waals surface area contributed by atoms with Gasteiger partial charge in [-0.2, -0.15) is 26.3 Å². The number of hydrogen-bond donors (Lipinski definition) is 2. The maximum absolute atomic E-state index is 12.9. The smallest absolute Gasteiger partial charge is 0.433 e. The zero-order chi connectivity index (χ0) is 25.3. The standard InChI is InChI=1S/C15H14F8N2O3.C2H6.CH4O/c1-27-8(12(16)17)4-7-5-11(26)28-13(24-7)6-2-9(14(18,19)20)25-10(3-6)15(21,22)23;2*1-2/h2-3,7-8,11-12,26H,4-5H2,1H3;1-2H3;2H,1H3. The van der Waals surface area contributed by atoms with Gasteiger partial charge in [-0.3, -0.25) is 0 Å². The topological polar surface area (TPSA) is 84.2 Å². The Morgan fingerprint density at radius 3 is 1.91 bits per heavy atom. The molecule has 0 amide bonds. The fraction of sp³-hybridized carbons (Fsp3) is 0.667. The summed E-state index contributed by atoms with van der Waals surface area (Å²) in [7, 11) is 2.01. The largest absolute Gasteiger partial charge is 0.448 e. The number of pyridine rings is 1. The van der Waals surface area contributed by atoms with Crippen LogP contribution in [-0.2, 0) is 21.8 Å². The quantitative estimate of drug-likeness (QED) is 0.610. The SMILES string of the molecule is CC.CO.COC(CC1CC(O)OC(c2cc(C(F)(F)F)nc(C(F)(F)F)c2)=N1)C(F)F. The Bertz CT molecular complexity index is 694. The van der Waals surface area contributed by atoms with Gasteiger partial charge in [0, 0.05) is 32.6 Å². The van der Waals surface area contributed by atoms with Crippen molar-refractivity contribution in [2.24, 2.45) is 4.99 Å². The molecule has 1 aromatic rings.